The number of methoxy groups -OCH3 is 1. The molecule has 28 heavy (non-hydrogen) atoms. The van der Waals surface area contributed by atoms with E-state index in [2.05, 4.69) is 0 Å². The Morgan fingerprint density at radius 1 is 1.14 bits per heavy atom. The molecule has 8 heteroatoms. The fourth-order valence-corrected chi connectivity index (χ4v) is 3.26. The molecule has 0 aromatic heterocycles. The van der Waals surface area contributed by atoms with Crippen LogP contribution in [0.25, 0.3) is 0 Å². The summed E-state index contributed by atoms with van der Waals surface area (Å²) in [5.74, 6) is -0.949. The maximum atomic E-state index is 12.4. The number of carbonyl (C=O) groups is 2. The van der Waals surface area contributed by atoms with Crippen molar-refractivity contribution >= 4 is 17.6 Å². The van der Waals surface area contributed by atoms with Crippen molar-refractivity contribution in [3.63, 3.8) is 0 Å². The molecule has 0 amide bonds. The molecule has 0 saturated carbocycles. The quantitative estimate of drug-likeness (QED) is 0.429. The second-order valence-electron chi connectivity index (χ2n) is 6.52. The maximum absolute atomic E-state index is 12.4. The summed E-state index contributed by atoms with van der Waals surface area (Å²) in [6.07, 6.45) is -0.145. The standard InChI is InChI=1S/C20H20N2O6/c1-27-20(24)18-11-17(13-21(18)12-14-5-3-2-4-6-14)28-19(23)15-7-9-16(10-8-15)22(25)26/h2-10,17-18H,11-13H2,1H3/t17-,18-/m0/s1. The molecule has 0 aliphatic carbocycles. The Bertz CT molecular complexity index is 853. The summed E-state index contributed by atoms with van der Waals surface area (Å²) >= 11 is 0. The molecule has 8 nitrogen and oxygen atoms in total. The first kappa shape index (κ1) is 19.5. The van der Waals surface area contributed by atoms with Gasteiger partial charge in [0, 0.05) is 31.6 Å². The van der Waals surface area contributed by atoms with Crippen LogP contribution in [0, 0.1) is 10.1 Å². The molecule has 0 unspecified atom stereocenters. The molecule has 2 atom stereocenters. The maximum Gasteiger partial charge on any atom is 0.338 e. The van der Waals surface area contributed by atoms with Crippen molar-refractivity contribution in [2.75, 3.05) is 13.7 Å². The van der Waals surface area contributed by atoms with Gasteiger partial charge in [0.25, 0.3) is 5.69 Å². The van der Waals surface area contributed by atoms with E-state index >= 15 is 0 Å². The zero-order valence-corrected chi connectivity index (χ0v) is 15.3. The number of hydrogen-bond acceptors (Lipinski definition) is 7. The molecule has 2 aromatic carbocycles. The minimum Gasteiger partial charge on any atom is -0.468 e. The monoisotopic (exact) mass is 384 g/mol. The average Bonchev–Trinajstić information content (AvgIpc) is 3.10. The zero-order chi connectivity index (χ0) is 20.1. The molecule has 1 saturated heterocycles. The molecule has 2 aromatic rings. The highest BCUT2D eigenvalue weighted by atomic mass is 16.6. The van der Waals surface area contributed by atoms with E-state index < -0.39 is 23.0 Å². The van der Waals surface area contributed by atoms with E-state index in [1.165, 1.54) is 31.4 Å². The minimum absolute atomic E-state index is 0.0998. The Hall–Kier alpha value is -3.26. The molecular formula is C20H20N2O6. The highest BCUT2D eigenvalue weighted by Crippen LogP contribution is 2.25. The third-order valence-electron chi connectivity index (χ3n) is 4.65. The Labute approximate surface area is 161 Å². The first-order chi connectivity index (χ1) is 13.5. The van der Waals surface area contributed by atoms with Crippen molar-refractivity contribution in [1.82, 2.24) is 4.90 Å². The predicted octanol–water partition coefficient (Wildman–Crippen LogP) is 2.57. The summed E-state index contributed by atoms with van der Waals surface area (Å²) < 4.78 is 10.4. The molecule has 0 bridgehead atoms. The van der Waals surface area contributed by atoms with E-state index in [4.69, 9.17) is 9.47 Å². The number of hydrogen-bond donors (Lipinski definition) is 0. The fourth-order valence-electron chi connectivity index (χ4n) is 3.26. The fraction of sp³-hybridized carbons (Fsp3) is 0.300. The van der Waals surface area contributed by atoms with Crippen LogP contribution in [0.1, 0.15) is 22.3 Å². The van der Waals surface area contributed by atoms with Crippen molar-refractivity contribution in [2.45, 2.75) is 25.1 Å². The highest BCUT2D eigenvalue weighted by molar-refractivity contribution is 5.89. The predicted molar refractivity (Wildman–Crippen MR) is 99.6 cm³/mol. The molecule has 0 radical (unpaired) electrons. The van der Waals surface area contributed by atoms with Crippen LogP contribution < -0.4 is 0 Å². The first-order valence-electron chi connectivity index (χ1n) is 8.79. The van der Waals surface area contributed by atoms with E-state index in [-0.39, 0.29) is 17.2 Å². The van der Waals surface area contributed by atoms with E-state index in [0.29, 0.717) is 19.5 Å². The van der Waals surface area contributed by atoms with Gasteiger partial charge in [0.15, 0.2) is 0 Å². The lowest BCUT2D eigenvalue weighted by atomic mass is 10.1. The van der Waals surface area contributed by atoms with Crippen LogP contribution in [0.5, 0.6) is 0 Å². The number of benzene rings is 2. The summed E-state index contributed by atoms with van der Waals surface area (Å²) in [6.45, 7) is 0.930. The molecule has 3 rings (SSSR count). The molecule has 1 aliphatic rings. The largest absolute Gasteiger partial charge is 0.468 e. The van der Waals surface area contributed by atoms with Gasteiger partial charge in [0.2, 0.25) is 0 Å². The van der Waals surface area contributed by atoms with E-state index in [9.17, 15) is 19.7 Å². The van der Waals surface area contributed by atoms with Crippen LogP contribution in [0.4, 0.5) is 5.69 Å². The number of ether oxygens (including phenoxy) is 2. The number of nitro benzene ring substituents is 1. The van der Waals surface area contributed by atoms with E-state index in [1.807, 2.05) is 35.2 Å². The van der Waals surface area contributed by atoms with Gasteiger partial charge in [-0.05, 0) is 17.7 Å². The van der Waals surface area contributed by atoms with Crippen molar-refractivity contribution in [2.24, 2.45) is 0 Å². The molecule has 1 heterocycles. The van der Waals surface area contributed by atoms with Crippen LogP contribution >= 0.6 is 0 Å². The lowest BCUT2D eigenvalue weighted by Crippen LogP contribution is -2.36. The zero-order valence-electron chi connectivity index (χ0n) is 15.3. The van der Waals surface area contributed by atoms with Crippen LogP contribution in [-0.2, 0) is 20.8 Å². The molecular weight excluding hydrogens is 364 g/mol. The van der Waals surface area contributed by atoms with Gasteiger partial charge < -0.3 is 9.47 Å². The summed E-state index contributed by atoms with van der Waals surface area (Å²) in [5.41, 5.74) is 1.16. The average molecular weight is 384 g/mol. The summed E-state index contributed by atoms with van der Waals surface area (Å²) in [7, 11) is 1.33. The molecule has 146 valence electrons. The third-order valence-corrected chi connectivity index (χ3v) is 4.65. The summed E-state index contributed by atoms with van der Waals surface area (Å²) in [5, 5.41) is 10.7. The van der Waals surface area contributed by atoms with Gasteiger partial charge in [-0.25, -0.2) is 4.79 Å². The van der Waals surface area contributed by atoms with Crippen LogP contribution in [-0.4, -0.2) is 47.6 Å². The minimum atomic E-state index is -0.579. The lowest BCUT2D eigenvalue weighted by Gasteiger charge is -2.21. The SMILES string of the molecule is COC(=O)[C@@H]1C[C@H](OC(=O)c2ccc([N+](=O)[O-])cc2)CN1Cc1ccccc1. The molecule has 0 spiro atoms. The Kier molecular flexibility index (Phi) is 6.00. The Balaban J connectivity index is 1.67. The number of likely N-dealkylation sites (tertiary alicyclic amines) is 1. The Morgan fingerprint density at radius 2 is 1.82 bits per heavy atom. The summed E-state index contributed by atoms with van der Waals surface area (Å²) in [6, 6.07) is 14.4. The van der Waals surface area contributed by atoms with Crippen molar-refractivity contribution in [3.8, 4) is 0 Å². The van der Waals surface area contributed by atoms with Crippen molar-refractivity contribution in [1.29, 1.82) is 0 Å². The van der Waals surface area contributed by atoms with Gasteiger partial charge in [-0.3, -0.25) is 19.8 Å². The number of nitrogens with zero attached hydrogens (tertiary/aromatic N) is 2. The topological polar surface area (TPSA) is 99.0 Å². The summed E-state index contributed by atoms with van der Waals surface area (Å²) in [4.78, 5) is 36.6. The van der Waals surface area contributed by atoms with Gasteiger partial charge in [-0.1, -0.05) is 30.3 Å². The third kappa shape index (κ3) is 4.52. The van der Waals surface area contributed by atoms with Crippen LogP contribution in [0.2, 0.25) is 0 Å². The lowest BCUT2D eigenvalue weighted by molar-refractivity contribution is -0.384. The molecule has 1 aliphatic heterocycles. The highest BCUT2D eigenvalue weighted by Gasteiger charge is 2.39. The van der Waals surface area contributed by atoms with Crippen LogP contribution in [0.15, 0.2) is 54.6 Å². The van der Waals surface area contributed by atoms with Crippen molar-refractivity contribution < 1.29 is 24.0 Å². The number of non-ortho nitro benzene ring substituents is 1. The number of rotatable bonds is 6. The normalized spacial score (nSPS) is 19.2. The van der Waals surface area contributed by atoms with Crippen LogP contribution in [0.3, 0.4) is 0 Å². The van der Waals surface area contributed by atoms with Gasteiger partial charge in [-0.15, -0.1) is 0 Å². The smallest absolute Gasteiger partial charge is 0.338 e. The van der Waals surface area contributed by atoms with E-state index in [0.717, 1.165) is 5.56 Å². The second kappa shape index (κ2) is 8.62. The van der Waals surface area contributed by atoms with Gasteiger partial charge in [0.1, 0.15) is 12.1 Å². The van der Waals surface area contributed by atoms with Gasteiger partial charge in [0.05, 0.1) is 17.6 Å². The first-order valence-corrected chi connectivity index (χ1v) is 8.79. The molecule has 0 N–H and O–H groups in total. The van der Waals surface area contributed by atoms with Gasteiger partial charge in [-0.2, -0.15) is 0 Å². The van der Waals surface area contributed by atoms with E-state index in [1.54, 1.807) is 0 Å². The molecule has 1 fully saturated rings. The van der Waals surface area contributed by atoms with Gasteiger partial charge >= 0.3 is 11.9 Å². The second-order valence-corrected chi connectivity index (χ2v) is 6.52. The Morgan fingerprint density at radius 3 is 2.43 bits per heavy atom. The number of carbonyl (C=O) groups excluding carboxylic acids is 2. The number of nitro groups is 1. The number of esters is 2. The van der Waals surface area contributed by atoms with Crippen molar-refractivity contribution in [3.05, 3.63) is 75.8 Å².